The summed E-state index contributed by atoms with van der Waals surface area (Å²) in [6, 6.07) is 4.74. The summed E-state index contributed by atoms with van der Waals surface area (Å²) in [6.07, 6.45) is 4.86. The van der Waals surface area contributed by atoms with Crippen LogP contribution in [0.3, 0.4) is 0 Å². The predicted octanol–water partition coefficient (Wildman–Crippen LogP) is 2.59. The van der Waals surface area contributed by atoms with Gasteiger partial charge in [0.15, 0.2) is 0 Å². The van der Waals surface area contributed by atoms with Crippen LogP contribution in [-0.2, 0) is 6.54 Å². The van der Waals surface area contributed by atoms with Crippen molar-refractivity contribution in [2.75, 3.05) is 13.6 Å². The highest BCUT2D eigenvalue weighted by molar-refractivity contribution is 4.99. The molecule has 94 valence electrons. The average molecular weight is 234 g/mol. The van der Waals surface area contributed by atoms with Gasteiger partial charge in [-0.1, -0.05) is 13.8 Å². The Hall–Kier alpha value is -1.34. The zero-order valence-electron chi connectivity index (χ0n) is 11.1. The van der Waals surface area contributed by atoms with E-state index < -0.39 is 0 Å². The summed E-state index contributed by atoms with van der Waals surface area (Å²) in [6.45, 7) is 5.99. The van der Waals surface area contributed by atoms with E-state index in [1.807, 2.05) is 7.05 Å². The van der Waals surface area contributed by atoms with E-state index in [-0.39, 0.29) is 0 Å². The van der Waals surface area contributed by atoms with Gasteiger partial charge >= 0.3 is 0 Å². The summed E-state index contributed by atoms with van der Waals surface area (Å²) in [7, 11) is 2.02. The van der Waals surface area contributed by atoms with Crippen molar-refractivity contribution in [2.24, 2.45) is 0 Å². The summed E-state index contributed by atoms with van der Waals surface area (Å²) in [5.74, 6) is 0. The van der Waals surface area contributed by atoms with E-state index in [1.165, 1.54) is 0 Å². The molecule has 1 rings (SSSR count). The van der Waals surface area contributed by atoms with E-state index in [9.17, 15) is 0 Å². The molecule has 0 unspecified atom stereocenters. The van der Waals surface area contributed by atoms with Crippen molar-refractivity contribution in [3.8, 4) is 6.07 Å². The van der Waals surface area contributed by atoms with Crippen LogP contribution >= 0.6 is 0 Å². The Labute approximate surface area is 104 Å². The molecule has 0 aliphatic carbocycles. The lowest BCUT2D eigenvalue weighted by Gasteiger charge is -2.14. The number of hydrogen-bond acceptors (Lipinski definition) is 3. The van der Waals surface area contributed by atoms with Gasteiger partial charge in [-0.3, -0.25) is 9.58 Å². The molecule has 0 aliphatic heterocycles. The minimum atomic E-state index is 0.508. The molecule has 0 spiro atoms. The molecule has 0 saturated heterocycles. The van der Waals surface area contributed by atoms with Crippen LogP contribution in [0.2, 0.25) is 0 Å². The fourth-order valence-corrected chi connectivity index (χ4v) is 1.92. The van der Waals surface area contributed by atoms with Crippen molar-refractivity contribution in [1.29, 1.82) is 5.26 Å². The highest BCUT2D eigenvalue weighted by Gasteiger charge is 2.08. The van der Waals surface area contributed by atoms with Crippen LogP contribution in [0.15, 0.2) is 12.3 Å². The molecule has 0 atom stereocenters. The van der Waals surface area contributed by atoms with Crippen molar-refractivity contribution in [3.63, 3.8) is 0 Å². The maximum atomic E-state index is 8.53. The summed E-state index contributed by atoms with van der Waals surface area (Å²) in [5.41, 5.74) is 1.08. The Bertz CT molecular complexity index is 360. The first-order valence-electron chi connectivity index (χ1n) is 6.30. The van der Waals surface area contributed by atoms with Crippen LogP contribution in [0, 0.1) is 11.3 Å². The quantitative estimate of drug-likeness (QED) is 0.728. The highest BCUT2D eigenvalue weighted by atomic mass is 15.3. The van der Waals surface area contributed by atoms with Gasteiger partial charge in [0, 0.05) is 25.7 Å². The standard InChI is InChI=1S/C13H22N4/c1-4-13(5-2)17-10-7-12(15-17)11-16(3)9-6-8-14/h7,10,13H,4-6,9,11H2,1-3H3. The van der Waals surface area contributed by atoms with E-state index >= 15 is 0 Å². The summed E-state index contributed by atoms with van der Waals surface area (Å²) >= 11 is 0. The zero-order chi connectivity index (χ0) is 12.7. The molecule has 0 aromatic carbocycles. The molecule has 0 aliphatic rings. The average Bonchev–Trinajstić information content (AvgIpc) is 2.76. The van der Waals surface area contributed by atoms with Crippen LogP contribution < -0.4 is 0 Å². The molecule has 0 saturated carbocycles. The van der Waals surface area contributed by atoms with E-state index in [0.717, 1.165) is 31.6 Å². The normalized spacial score (nSPS) is 11.1. The molecule has 0 N–H and O–H groups in total. The molecule has 0 bridgehead atoms. The Morgan fingerprint density at radius 2 is 2.18 bits per heavy atom. The lowest BCUT2D eigenvalue weighted by molar-refractivity contribution is 0.326. The molecule has 1 heterocycles. The molecule has 1 aromatic heterocycles. The van der Waals surface area contributed by atoms with Crippen LogP contribution in [0.1, 0.15) is 44.8 Å². The minimum Gasteiger partial charge on any atom is -0.299 e. The van der Waals surface area contributed by atoms with E-state index in [4.69, 9.17) is 5.26 Å². The van der Waals surface area contributed by atoms with Gasteiger partial charge in [0.2, 0.25) is 0 Å². The number of hydrogen-bond donors (Lipinski definition) is 0. The van der Waals surface area contributed by atoms with Crippen LogP contribution in [0.25, 0.3) is 0 Å². The van der Waals surface area contributed by atoms with E-state index in [2.05, 4.69) is 46.9 Å². The fraction of sp³-hybridized carbons (Fsp3) is 0.692. The first-order chi connectivity index (χ1) is 8.21. The van der Waals surface area contributed by atoms with Crippen LogP contribution in [0.5, 0.6) is 0 Å². The van der Waals surface area contributed by atoms with Gasteiger partial charge in [-0.15, -0.1) is 0 Å². The molecule has 0 fully saturated rings. The van der Waals surface area contributed by atoms with Gasteiger partial charge in [0.1, 0.15) is 0 Å². The zero-order valence-corrected chi connectivity index (χ0v) is 11.1. The summed E-state index contributed by atoms with van der Waals surface area (Å²) in [4.78, 5) is 2.13. The summed E-state index contributed by atoms with van der Waals surface area (Å²) in [5, 5.41) is 13.1. The van der Waals surface area contributed by atoms with Crippen LogP contribution in [-0.4, -0.2) is 28.3 Å². The van der Waals surface area contributed by atoms with Crippen LogP contribution in [0.4, 0.5) is 0 Å². The highest BCUT2D eigenvalue weighted by Crippen LogP contribution is 2.14. The third-order valence-corrected chi connectivity index (χ3v) is 3.02. The molecule has 4 nitrogen and oxygen atoms in total. The van der Waals surface area contributed by atoms with Gasteiger partial charge in [-0.05, 0) is 26.0 Å². The number of rotatable bonds is 7. The predicted molar refractivity (Wildman–Crippen MR) is 68.4 cm³/mol. The van der Waals surface area contributed by atoms with Crippen molar-refractivity contribution in [3.05, 3.63) is 18.0 Å². The smallest absolute Gasteiger partial charge is 0.0764 e. The molecule has 0 radical (unpaired) electrons. The molecule has 1 aromatic rings. The van der Waals surface area contributed by atoms with Gasteiger partial charge < -0.3 is 0 Å². The van der Waals surface area contributed by atoms with E-state index in [0.29, 0.717) is 12.5 Å². The lowest BCUT2D eigenvalue weighted by Crippen LogP contribution is -2.19. The second-order valence-corrected chi connectivity index (χ2v) is 4.40. The molecular weight excluding hydrogens is 212 g/mol. The molecule has 4 heteroatoms. The van der Waals surface area contributed by atoms with Gasteiger partial charge in [0.25, 0.3) is 0 Å². The van der Waals surface area contributed by atoms with E-state index in [1.54, 1.807) is 0 Å². The number of nitrogens with zero attached hydrogens (tertiary/aromatic N) is 4. The largest absolute Gasteiger partial charge is 0.299 e. The van der Waals surface area contributed by atoms with Gasteiger partial charge in [-0.2, -0.15) is 10.4 Å². The monoisotopic (exact) mass is 234 g/mol. The fourth-order valence-electron chi connectivity index (χ4n) is 1.92. The minimum absolute atomic E-state index is 0.508. The van der Waals surface area contributed by atoms with Gasteiger partial charge in [0.05, 0.1) is 17.8 Å². The number of aromatic nitrogens is 2. The third kappa shape index (κ3) is 4.20. The van der Waals surface area contributed by atoms with Crippen molar-refractivity contribution in [2.45, 2.75) is 45.7 Å². The Morgan fingerprint density at radius 1 is 1.47 bits per heavy atom. The summed E-state index contributed by atoms with van der Waals surface area (Å²) < 4.78 is 2.06. The third-order valence-electron chi connectivity index (χ3n) is 3.02. The second kappa shape index (κ2) is 7.08. The maximum Gasteiger partial charge on any atom is 0.0764 e. The molecule has 17 heavy (non-hydrogen) atoms. The Morgan fingerprint density at radius 3 is 2.76 bits per heavy atom. The maximum absolute atomic E-state index is 8.53. The Kier molecular flexibility index (Phi) is 5.71. The Balaban J connectivity index is 2.53. The van der Waals surface area contributed by atoms with Crippen molar-refractivity contribution >= 4 is 0 Å². The van der Waals surface area contributed by atoms with Gasteiger partial charge in [-0.25, -0.2) is 0 Å². The second-order valence-electron chi connectivity index (χ2n) is 4.40. The molecular formula is C13H22N4. The first kappa shape index (κ1) is 13.7. The first-order valence-corrected chi connectivity index (χ1v) is 6.30. The molecule has 0 amide bonds. The topological polar surface area (TPSA) is 44.9 Å². The number of nitriles is 1. The SMILES string of the molecule is CCC(CC)n1ccc(CN(C)CCC#N)n1. The van der Waals surface area contributed by atoms with Crippen molar-refractivity contribution < 1.29 is 0 Å². The van der Waals surface area contributed by atoms with Crippen molar-refractivity contribution in [1.82, 2.24) is 14.7 Å². The lowest BCUT2D eigenvalue weighted by atomic mass is 10.2.